The van der Waals surface area contributed by atoms with Crippen LogP contribution in [0.1, 0.15) is 19.8 Å². The Morgan fingerprint density at radius 3 is 2.57 bits per heavy atom. The summed E-state index contributed by atoms with van der Waals surface area (Å²) in [7, 11) is 0. The molecule has 0 aliphatic rings. The Bertz CT molecular complexity index is 61.1. The van der Waals surface area contributed by atoms with E-state index in [4.69, 9.17) is 5.73 Å². The van der Waals surface area contributed by atoms with Gasteiger partial charge in [-0.25, -0.2) is 0 Å². The van der Waals surface area contributed by atoms with Crippen LogP contribution in [-0.2, 0) is 4.79 Å². The number of carbonyl (C=O) groups is 1. The van der Waals surface area contributed by atoms with Crippen molar-refractivity contribution in [3.05, 3.63) is 6.42 Å². The summed E-state index contributed by atoms with van der Waals surface area (Å²) in [5.74, 6) is -0.498. The summed E-state index contributed by atoms with van der Waals surface area (Å²) in [6.45, 7) is 1.95. The third kappa shape index (κ3) is 5.47. The van der Waals surface area contributed by atoms with Crippen molar-refractivity contribution in [2.24, 2.45) is 0 Å². The van der Waals surface area contributed by atoms with E-state index in [-0.39, 0.29) is 0 Å². The highest BCUT2D eigenvalue weighted by Crippen LogP contribution is 1.88. The van der Waals surface area contributed by atoms with E-state index in [9.17, 15) is 4.79 Å². The molecule has 40 valence electrons. The van der Waals surface area contributed by atoms with Crippen LogP contribution in [0, 0.1) is 6.42 Å². The summed E-state index contributed by atoms with van der Waals surface area (Å²) in [5.41, 5.74) is 6.41. The molecular formula is C5H9NO. The molecule has 0 heterocycles. The van der Waals surface area contributed by atoms with Crippen LogP contribution in [0.15, 0.2) is 0 Å². The first-order chi connectivity index (χ1) is 3.27. The highest BCUT2D eigenvalue weighted by molar-refractivity contribution is 5.73. The maximum absolute atomic E-state index is 9.84. The molecule has 2 heteroatoms. The van der Waals surface area contributed by atoms with Crippen molar-refractivity contribution in [1.29, 1.82) is 0 Å². The molecule has 0 fully saturated rings. The van der Waals surface area contributed by atoms with Gasteiger partial charge in [-0.15, -0.1) is 0 Å². The number of nitrogens with one attached hydrogen (secondary N) is 1. The van der Waals surface area contributed by atoms with Gasteiger partial charge in [0.25, 0.3) is 0 Å². The van der Waals surface area contributed by atoms with Crippen molar-refractivity contribution in [2.45, 2.75) is 19.8 Å². The summed E-state index contributed by atoms with van der Waals surface area (Å²) in [6.07, 6.45) is 2.97. The second-order valence-corrected chi connectivity index (χ2v) is 1.32. The third-order valence-corrected chi connectivity index (χ3v) is 0.618. The van der Waals surface area contributed by atoms with E-state index in [0.29, 0.717) is 6.42 Å². The molecule has 0 aromatic heterocycles. The van der Waals surface area contributed by atoms with Crippen molar-refractivity contribution in [3.63, 3.8) is 0 Å². The first kappa shape index (κ1) is 6.47. The van der Waals surface area contributed by atoms with Gasteiger partial charge in [-0.3, -0.25) is 10.5 Å². The molecule has 0 saturated heterocycles. The van der Waals surface area contributed by atoms with Gasteiger partial charge in [0, 0.05) is 6.42 Å². The van der Waals surface area contributed by atoms with Gasteiger partial charge in [-0.2, -0.15) is 0 Å². The molecule has 0 rings (SSSR count). The predicted octanol–water partition coefficient (Wildman–Crippen LogP) is 0.800. The fourth-order valence-electron chi connectivity index (χ4n) is 0.275. The molecule has 7 heavy (non-hydrogen) atoms. The SMILES string of the molecule is CC[CH]CC([NH])=O. The Balaban J connectivity index is 2.82. The molecule has 2 nitrogen and oxygen atoms in total. The predicted molar refractivity (Wildman–Crippen MR) is 27.3 cm³/mol. The van der Waals surface area contributed by atoms with Gasteiger partial charge in [0.2, 0.25) is 5.91 Å². The van der Waals surface area contributed by atoms with E-state index < -0.39 is 5.91 Å². The van der Waals surface area contributed by atoms with Crippen LogP contribution in [-0.4, -0.2) is 5.91 Å². The molecule has 2 radical (unpaired) electrons. The van der Waals surface area contributed by atoms with Crippen LogP contribution < -0.4 is 5.73 Å². The molecule has 1 amide bonds. The summed E-state index contributed by atoms with van der Waals surface area (Å²) in [4.78, 5) is 9.84. The number of carbonyl (C=O) groups excluding carboxylic acids is 1. The van der Waals surface area contributed by atoms with Crippen LogP contribution in [0.2, 0.25) is 0 Å². The molecule has 0 aromatic rings. The van der Waals surface area contributed by atoms with Gasteiger partial charge < -0.3 is 0 Å². The van der Waals surface area contributed by atoms with Gasteiger partial charge in [0.05, 0.1) is 0 Å². The lowest BCUT2D eigenvalue weighted by Crippen LogP contribution is -1.95. The smallest absolute Gasteiger partial charge is 0.238 e. The molecule has 0 aliphatic carbocycles. The first-order valence-electron chi connectivity index (χ1n) is 2.33. The zero-order valence-electron chi connectivity index (χ0n) is 4.40. The lowest BCUT2D eigenvalue weighted by molar-refractivity contribution is -0.118. The van der Waals surface area contributed by atoms with Crippen LogP contribution in [0.3, 0.4) is 0 Å². The minimum Gasteiger partial charge on any atom is -0.273 e. The van der Waals surface area contributed by atoms with Crippen LogP contribution >= 0.6 is 0 Å². The summed E-state index contributed by atoms with van der Waals surface area (Å²) < 4.78 is 0. The average molecular weight is 99.1 g/mol. The first-order valence-corrected chi connectivity index (χ1v) is 2.33. The molecule has 0 aromatic carbocycles. The normalized spacial score (nSPS) is 8.71. The molecule has 0 spiro atoms. The van der Waals surface area contributed by atoms with Crippen LogP contribution in [0.5, 0.6) is 0 Å². The summed E-state index contributed by atoms with van der Waals surface area (Å²) in [5, 5.41) is 0. The standard InChI is InChI=1S/C5H9NO/c1-2-3-4-5(6)7/h3,6H,2,4H2,1H3. The van der Waals surface area contributed by atoms with E-state index in [2.05, 4.69) is 0 Å². The topological polar surface area (TPSA) is 40.9 Å². The highest BCUT2D eigenvalue weighted by atomic mass is 16.1. The van der Waals surface area contributed by atoms with E-state index >= 15 is 0 Å². The van der Waals surface area contributed by atoms with Gasteiger partial charge in [-0.05, 0) is 6.42 Å². The van der Waals surface area contributed by atoms with Crippen molar-refractivity contribution in [3.8, 4) is 0 Å². The van der Waals surface area contributed by atoms with E-state index in [1.54, 1.807) is 6.42 Å². The second-order valence-electron chi connectivity index (χ2n) is 1.32. The summed E-state index contributed by atoms with van der Waals surface area (Å²) in [6, 6.07) is 0. The van der Waals surface area contributed by atoms with Crippen molar-refractivity contribution in [2.75, 3.05) is 0 Å². The molecule has 0 bridgehead atoms. The van der Waals surface area contributed by atoms with Gasteiger partial charge in [0.15, 0.2) is 0 Å². The second kappa shape index (κ2) is 3.65. The molecule has 0 saturated carbocycles. The Morgan fingerprint density at radius 2 is 2.43 bits per heavy atom. The van der Waals surface area contributed by atoms with E-state index in [0.717, 1.165) is 6.42 Å². The number of rotatable bonds is 3. The van der Waals surface area contributed by atoms with Gasteiger partial charge >= 0.3 is 0 Å². The molecular weight excluding hydrogens is 90.1 g/mol. The number of hydrogen-bond donors (Lipinski definition) is 0. The fourth-order valence-corrected chi connectivity index (χ4v) is 0.275. The lowest BCUT2D eigenvalue weighted by Gasteiger charge is -1.85. The third-order valence-electron chi connectivity index (χ3n) is 0.618. The minimum atomic E-state index is -0.498. The van der Waals surface area contributed by atoms with Gasteiger partial charge in [-0.1, -0.05) is 13.3 Å². The lowest BCUT2D eigenvalue weighted by atomic mass is 10.2. The summed E-state index contributed by atoms with van der Waals surface area (Å²) >= 11 is 0. The maximum atomic E-state index is 9.84. The molecule has 0 atom stereocenters. The van der Waals surface area contributed by atoms with Crippen LogP contribution in [0.25, 0.3) is 0 Å². The largest absolute Gasteiger partial charge is 0.273 e. The maximum Gasteiger partial charge on any atom is 0.238 e. The number of unbranched alkanes of at least 4 members (excludes halogenated alkanes) is 1. The molecule has 0 unspecified atom stereocenters. The number of amides is 1. The Morgan fingerprint density at radius 1 is 1.86 bits per heavy atom. The van der Waals surface area contributed by atoms with Gasteiger partial charge in [0.1, 0.15) is 0 Å². The Labute approximate surface area is 43.7 Å². The minimum absolute atomic E-state index is 0.302. The molecule has 0 aliphatic heterocycles. The van der Waals surface area contributed by atoms with Crippen LogP contribution in [0.4, 0.5) is 0 Å². The van der Waals surface area contributed by atoms with Crippen molar-refractivity contribution < 1.29 is 4.79 Å². The Kier molecular flexibility index (Phi) is 3.38. The zero-order chi connectivity index (χ0) is 5.70. The fraction of sp³-hybridized carbons (Fsp3) is 0.600. The van der Waals surface area contributed by atoms with E-state index in [1.165, 1.54) is 0 Å². The molecule has 1 N–H and O–H groups in total. The van der Waals surface area contributed by atoms with Crippen molar-refractivity contribution in [1.82, 2.24) is 5.73 Å². The number of hydrogen-bond acceptors (Lipinski definition) is 1. The average Bonchev–Trinajstić information content (AvgIpc) is 1.61. The monoisotopic (exact) mass is 99.1 g/mol. The highest BCUT2D eigenvalue weighted by Gasteiger charge is 1.89. The zero-order valence-corrected chi connectivity index (χ0v) is 4.40. The van der Waals surface area contributed by atoms with E-state index in [1.807, 2.05) is 6.92 Å². The quantitative estimate of drug-likeness (QED) is 0.516. The Hall–Kier alpha value is -0.530. The van der Waals surface area contributed by atoms with Crippen molar-refractivity contribution >= 4 is 5.91 Å².